The van der Waals surface area contributed by atoms with Crippen molar-refractivity contribution in [3.63, 3.8) is 0 Å². The third-order valence-corrected chi connectivity index (χ3v) is 6.52. The summed E-state index contributed by atoms with van der Waals surface area (Å²) in [7, 11) is 0. The van der Waals surface area contributed by atoms with E-state index in [4.69, 9.17) is 0 Å². The third-order valence-electron chi connectivity index (χ3n) is 5.03. The van der Waals surface area contributed by atoms with Gasteiger partial charge in [0, 0.05) is 28.1 Å². The van der Waals surface area contributed by atoms with Gasteiger partial charge in [0.15, 0.2) is 0 Å². The molecule has 118 valence electrons. The predicted octanol–water partition coefficient (Wildman–Crippen LogP) is 6.13. The van der Waals surface area contributed by atoms with Crippen molar-refractivity contribution in [2.45, 2.75) is 42.6 Å². The zero-order valence-corrected chi connectivity index (χ0v) is 14.2. The summed E-state index contributed by atoms with van der Waals surface area (Å²) >= 11 is 2.15. The molecule has 0 amide bonds. The molecule has 2 heteroatoms. The van der Waals surface area contributed by atoms with Crippen LogP contribution in [0.4, 0.5) is 0 Å². The molecule has 1 saturated carbocycles. The van der Waals surface area contributed by atoms with Crippen molar-refractivity contribution in [2.75, 3.05) is 0 Å². The number of para-hydroxylation sites is 1. The molecule has 0 radical (unpaired) electrons. The van der Waals surface area contributed by atoms with E-state index in [0.717, 1.165) is 11.0 Å². The van der Waals surface area contributed by atoms with Gasteiger partial charge in [-0.15, -0.1) is 0 Å². The van der Waals surface area contributed by atoms with Gasteiger partial charge in [0.05, 0.1) is 0 Å². The molecular weight excluding hydrogens is 298 g/mol. The van der Waals surface area contributed by atoms with E-state index in [9.17, 15) is 0 Å². The highest BCUT2D eigenvalue weighted by molar-refractivity contribution is 7.99. The predicted molar refractivity (Wildman–Crippen MR) is 101 cm³/mol. The summed E-state index contributed by atoms with van der Waals surface area (Å²) in [5, 5.41) is 2.16. The fourth-order valence-corrected chi connectivity index (χ4v) is 5.28. The molecule has 1 N–H and O–H groups in total. The average Bonchev–Trinajstić information content (AvgIpc) is 3.05. The van der Waals surface area contributed by atoms with Crippen LogP contribution < -0.4 is 0 Å². The number of thioether (sulfide) groups is 1. The van der Waals surface area contributed by atoms with E-state index < -0.39 is 0 Å². The zero-order valence-electron chi connectivity index (χ0n) is 13.4. The Labute approximate surface area is 142 Å². The highest BCUT2D eigenvalue weighted by Gasteiger charge is 2.28. The van der Waals surface area contributed by atoms with Gasteiger partial charge in [-0.2, -0.15) is 11.8 Å². The van der Waals surface area contributed by atoms with Crippen molar-refractivity contribution >= 4 is 22.7 Å². The average molecular weight is 321 g/mol. The van der Waals surface area contributed by atoms with E-state index in [1.807, 2.05) is 0 Å². The first kappa shape index (κ1) is 14.9. The first-order valence-corrected chi connectivity index (χ1v) is 9.68. The molecule has 2 atom stereocenters. The SMILES string of the molecule is c1ccc(CS[C@H]2CCCC[C@@H]2c2c[nH]c3ccccc23)cc1. The zero-order chi connectivity index (χ0) is 15.5. The normalized spacial score (nSPS) is 21.6. The minimum Gasteiger partial charge on any atom is -0.361 e. The summed E-state index contributed by atoms with van der Waals surface area (Å²) in [5.41, 5.74) is 4.26. The van der Waals surface area contributed by atoms with Crippen LogP contribution in [-0.4, -0.2) is 10.2 Å². The lowest BCUT2D eigenvalue weighted by Gasteiger charge is -2.31. The van der Waals surface area contributed by atoms with Crippen LogP contribution in [-0.2, 0) is 5.75 Å². The fraction of sp³-hybridized carbons (Fsp3) is 0.333. The molecule has 2 aromatic carbocycles. The minimum atomic E-state index is 0.689. The lowest BCUT2D eigenvalue weighted by Crippen LogP contribution is -2.20. The van der Waals surface area contributed by atoms with Crippen LogP contribution in [0, 0.1) is 0 Å². The maximum Gasteiger partial charge on any atom is 0.0456 e. The molecule has 4 rings (SSSR count). The van der Waals surface area contributed by atoms with Gasteiger partial charge in [-0.05, 0) is 36.0 Å². The Balaban J connectivity index is 1.55. The molecule has 1 heterocycles. The van der Waals surface area contributed by atoms with Crippen molar-refractivity contribution < 1.29 is 0 Å². The van der Waals surface area contributed by atoms with Gasteiger partial charge in [-0.25, -0.2) is 0 Å². The number of H-pyrrole nitrogens is 1. The second-order valence-electron chi connectivity index (χ2n) is 6.52. The van der Waals surface area contributed by atoms with Gasteiger partial charge >= 0.3 is 0 Å². The van der Waals surface area contributed by atoms with Crippen LogP contribution in [0.3, 0.4) is 0 Å². The second-order valence-corrected chi connectivity index (χ2v) is 7.74. The molecule has 1 aliphatic carbocycles. The van der Waals surface area contributed by atoms with Gasteiger partial charge in [-0.3, -0.25) is 0 Å². The molecule has 0 spiro atoms. The Morgan fingerprint density at radius 3 is 2.61 bits per heavy atom. The highest BCUT2D eigenvalue weighted by Crippen LogP contribution is 2.43. The van der Waals surface area contributed by atoms with Gasteiger partial charge in [0.2, 0.25) is 0 Å². The van der Waals surface area contributed by atoms with Crippen LogP contribution in [0.2, 0.25) is 0 Å². The Morgan fingerprint density at radius 2 is 1.70 bits per heavy atom. The quantitative estimate of drug-likeness (QED) is 0.611. The molecule has 3 aromatic rings. The molecule has 0 bridgehead atoms. The Kier molecular flexibility index (Phi) is 4.43. The molecule has 1 aliphatic rings. The number of aromatic amines is 1. The van der Waals surface area contributed by atoms with Crippen LogP contribution in [0.1, 0.15) is 42.7 Å². The number of fused-ring (bicyclic) bond motifs is 1. The topological polar surface area (TPSA) is 15.8 Å². The number of aromatic nitrogens is 1. The summed E-state index contributed by atoms with van der Waals surface area (Å²) in [6.07, 6.45) is 7.69. The Bertz CT molecular complexity index is 762. The number of hydrogen-bond donors (Lipinski definition) is 1. The van der Waals surface area contributed by atoms with E-state index in [2.05, 4.69) is 77.5 Å². The lowest BCUT2D eigenvalue weighted by molar-refractivity contribution is 0.457. The monoisotopic (exact) mass is 321 g/mol. The van der Waals surface area contributed by atoms with E-state index >= 15 is 0 Å². The summed E-state index contributed by atoms with van der Waals surface area (Å²) in [4.78, 5) is 3.47. The third kappa shape index (κ3) is 3.18. The first-order valence-electron chi connectivity index (χ1n) is 8.63. The standard InChI is InChI=1S/C21H23NS/c1-2-8-16(9-3-1)15-23-21-13-7-5-11-18(21)19-14-22-20-12-6-4-10-17(19)20/h1-4,6,8-10,12,14,18,21-22H,5,7,11,13,15H2/t18-,21+/m1/s1. The van der Waals surface area contributed by atoms with Gasteiger partial charge in [0.1, 0.15) is 0 Å². The van der Waals surface area contributed by atoms with Gasteiger partial charge in [0.25, 0.3) is 0 Å². The highest BCUT2D eigenvalue weighted by atomic mass is 32.2. The molecule has 1 nitrogen and oxygen atoms in total. The van der Waals surface area contributed by atoms with Crippen molar-refractivity contribution in [1.29, 1.82) is 0 Å². The lowest BCUT2D eigenvalue weighted by atomic mass is 9.83. The van der Waals surface area contributed by atoms with Gasteiger partial charge < -0.3 is 4.98 Å². The Morgan fingerprint density at radius 1 is 0.913 bits per heavy atom. The maximum atomic E-state index is 3.47. The summed E-state index contributed by atoms with van der Waals surface area (Å²) in [6.45, 7) is 0. The number of nitrogens with one attached hydrogen (secondary N) is 1. The van der Waals surface area contributed by atoms with Crippen LogP contribution in [0.25, 0.3) is 10.9 Å². The van der Waals surface area contributed by atoms with E-state index in [0.29, 0.717) is 5.92 Å². The van der Waals surface area contributed by atoms with E-state index in [-0.39, 0.29) is 0 Å². The van der Waals surface area contributed by atoms with Crippen molar-refractivity contribution in [2.24, 2.45) is 0 Å². The minimum absolute atomic E-state index is 0.689. The largest absolute Gasteiger partial charge is 0.361 e. The number of hydrogen-bond acceptors (Lipinski definition) is 1. The van der Waals surface area contributed by atoms with Crippen LogP contribution in [0.5, 0.6) is 0 Å². The smallest absolute Gasteiger partial charge is 0.0456 e. The molecule has 0 saturated heterocycles. The molecule has 23 heavy (non-hydrogen) atoms. The molecule has 0 aliphatic heterocycles. The maximum absolute atomic E-state index is 3.47. The molecule has 1 fully saturated rings. The van der Waals surface area contributed by atoms with Crippen molar-refractivity contribution in [3.05, 3.63) is 71.9 Å². The summed E-state index contributed by atoms with van der Waals surface area (Å²) in [6, 6.07) is 19.6. The second kappa shape index (κ2) is 6.84. The van der Waals surface area contributed by atoms with Gasteiger partial charge in [-0.1, -0.05) is 61.4 Å². The van der Waals surface area contributed by atoms with E-state index in [1.54, 1.807) is 0 Å². The summed E-state index contributed by atoms with van der Waals surface area (Å²) in [5.74, 6) is 1.82. The summed E-state index contributed by atoms with van der Waals surface area (Å²) < 4.78 is 0. The number of benzene rings is 2. The number of rotatable bonds is 4. The fourth-order valence-electron chi connectivity index (χ4n) is 3.83. The van der Waals surface area contributed by atoms with Crippen LogP contribution >= 0.6 is 11.8 Å². The molecule has 0 unspecified atom stereocenters. The van der Waals surface area contributed by atoms with E-state index in [1.165, 1.54) is 47.7 Å². The van der Waals surface area contributed by atoms with Crippen molar-refractivity contribution in [3.8, 4) is 0 Å². The first-order chi connectivity index (χ1) is 11.4. The van der Waals surface area contributed by atoms with Crippen LogP contribution in [0.15, 0.2) is 60.8 Å². The Hall–Kier alpha value is -1.67. The molecule has 1 aromatic heterocycles. The van der Waals surface area contributed by atoms with Crippen molar-refractivity contribution in [1.82, 2.24) is 4.98 Å². The molecular formula is C21H23NS.